The van der Waals surface area contributed by atoms with Crippen molar-refractivity contribution < 1.29 is 19.1 Å². The fourth-order valence-electron chi connectivity index (χ4n) is 0.978. The number of hydrogen-bond acceptors (Lipinski definition) is 4. The second kappa shape index (κ2) is 2.92. The molecule has 0 aliphatic carbocycles. The van der Waals surface area contributed by atoms with Crippen LogP contribution in [0, 0.1) is 0 Å². The number of ether oxygens (including phenoxy) is 1. The van der Waals surface area contributed by atoms with Gasteiger partial charge in [0.1, 0.15) is 6.54 Å². The monoisotopic (exact) mass is 171 g/mol. The molecule has 0 spiro atoms. The Bertz CT molecular complexity index is 248. The van der Waals surface area contributed by atoms with Crippen molar-refractivity contribution in [2.45, 2.75) is 20.0 Å². The van der Waals surface area contributed by atoms with Gasteiger partial charge in [0.15, 0.2) is 6.10 Å². The smallest absolute Gasteiger partial charge is 0.326 e. The van der Waals surface area contributed by atoms with Crippen molar-refractivity contribution in [2.75, 3.05) is 6.54 Å². The van der Waals surface area contributed by atoms with Crippen molar-refractivity contribution in [1.82, 2.24) is 4.90 Å². The van der Waals surface area contributed by atoms with Crippen molar-refractivity contribution >= 4 is 17.8 Å². The van der Waals surface area contributed by atoms with Crippen molar-refractivity contribution in [3.05, 3.63) is 0 Å². The third-order valence-corrected chi connectivity index (χ3v) is 1.59. The van der Waals surface area contributed by atoms with Crippen LogP contribution in [-0.2, 0) is 19.1 Å². The van der Waals surface area contributed by atoms with E-state index in [0.29, 0.717) is 0 Å². The Morgan fingerprint density at radius 1 is 1.58 bits per heavy atom. The predicted octanol–water partition coefficient (Wildman–Crippen LogP) is -0.693. The van der Waals surface area contributed by atoms with Crippen LogP contribution in [0.1, 0.15) is 13.8 Å². The van der Waals surface area contributed by atoms with Gasteiger partial charge in [0.05, 0.1) is 0 Å². The van der Waals surface area contributed by atoms with Gasteiger partial charge >= 0.3 is 5.97 Å². The number of cyclic esters (lactones) is 1. The molecule has 1 heterocycles. The Morgan fingerprint density at radius 2 is 2.17 bits per heavy atom. The molecule has 0 saturated carbocycles. The number of carbonyl (C=O) groups is 3. The summed E-state index contributed by atoms with van der Waals surface area (Å²) >= 11 is 0. The maximum Gasteiger partial charge on any atom is 0.326 e. The summed E-state index contributed by atoms with van der Waals surface area (Å²) in [6.45, 7) is 2.41. The number of esters is 1. The molecule has 0 N–H and O–H groups in total. The third-order valence-electron chi connectivity index (χ3n) is 1.59. The maximum absolute atomic E-state index is 11.1. The summed E-state index contributed by atoms with van der Waals surface area (Å²) < 4.78 is 4.60. The molecular formula is C7H9NO4. The van der Waals surface area contributed by atoms with Gasteiger partial charge in [-0.1, -0.05) is 0 Å². The highest BCUT2D eigenvalue weighted by Gasteiger charge is 2.33. The molecule has 1 aliphatic rings. The Balaban J connectivity index is 2.80. The highest BCUT2D eigenvalue weighted by atomic mass is 16.6. The van der Waals surface area contributed by atoms with E-state index in [-0.39, 0.29) is 6.54 Å². The minimum absolute atomic E-state index is 0.265. The van der Waals surface area contributed by atoms with Crippen LogP contribution in [0.25, 0.3) is 0 Å². The van der Waals surface area contributed by atoms with Crippen molar-refractivity contribution in [3.63, 3.8) is 0 Å². The molecule has 1 unspecified atom stereocenters. The zero-order valence-electron chi connectivity index (χ0n) is 6.86. The van der Waals surface area contributed by atoms with Crippen LogP contribution in [0.15, 0.2) is 0 Å². The molecule has 1 atom stereocenters. The second-order valence-electron chi connectivity index (χ2n) is 2.58. The zero-order chi connectivity index (χ0) is 9.30. The Morgan fingerprint density at radius 3 is 2.67 bits per heavy atom. The van der Waals surface area contributed by atoms with Gasteiger partial charge in [-0.3, -0.25) is 19.3 Å². The highest BCUT2D eigenvalue weighted by Crippen LogP contribution is 2.07. The molecule has 2 amide bonds. The Kier molecular flexibility index (Phi) is 2.12. The topological polar surface area (TPSA) is 63.7 Å². The minimum atomic E-state index is -0.838. The first-order chi connectivity index (χ1) is 5.52. The number of nitrogens with zero attached hydrogens (tertiary/aromatic N) is 1. The molecule has 1 rings (SSSR count). The molecule has 0 bridgehead atoms. The van der Waals surface area contributed by atoms with Gasteiger partial charge in [0.25, 0.3) is 5.91 Å². The summed E-state index contributed by atoms with van der Waals surface area (Å²) in [5.74, 6) is -1.43. The van der Waals surface area contributed by atoms with E-state index in [0.717, 1.165) is 4.90 Å². The van der Waals surface area contributed by atoms with Crippen LogP contribution in [0.2, 0.25) is 0 Å². The summed E-state index contributed by atoms with van der Waals surface area (Å²) in [7, 11) is 0. The SMILES string of the molecule is CC(=O)N1CC(=O)OC(C)C1=O. The fraction of sp³-hybridized carbons (Fsp3) is 0.571. The van der Waals surface area contributed by atoms with Crippen LogP contribution in [0.4, 0.5) is 0 Å². The lowest BCUT2D eigenvalue weighted by molar-refractivity contribution is -0.173. The summed E-state index contributed by atoms with van der Waals surface area (Å²) in [6, 6.07) is 0. The van der Waals surface area contributed by atoms with Crippen molar-refractivity contribution in [2.24, 2.45) is 0 Å². The van der Waals surface area contributed by atoms with Crippen LogP contribution < -0.4 is 0 Å². The molecular weight excluding hydrogens is 162 g/mol. The largest absolute Gasteiger partial charge is 0.451 e. The lowest BCUT2D eigenvalue weighted by atomic mass is 10.3. The van der Waals surface area contributed by atoms with E-state index in [4.69, 9.17) is 0 Å². The summed E-state index contributed by atoms with van der Waals surface area (Å²) in [5.41, 5.74) is 0. The van der Waals surface area contributed by atoms with E-state index in [9.17, 15) is 14.4 Å². The zero-order valence-corrected chi connectivity index (χ0v) is 6.86. The van der Waals surface area contributed by atoms with Crippen molar-refractivity contribution in [1.29, 1.82) is 0 Å². The number of imide groups is 1. The number of amides is 2. The minimum Gasteiger partial charge on any atom is -0.451 e. The standard InChI is InChI=1S/C7H9NO4/c1-4-7(11)8(5(2)9)3-6(10)12-4/h4H,3H2,1-2H3. The van der Waals surface area contributed by atoms with Gasteiger partial charge in [-0.25, -0.2) is 0 Å². The first-order valence-electron chi connectivity index (χ1n) is 3.54. The van der Waals surface area contributed by atoms with Crippen LogP contribution in [0.5, 0.6) is 0 Å². The second-order valence-corrected chi connectivity index (χ2v) is 2.58. The van der Waals surface area contributed by atoms with E-state index >= 15 is 0 Å². The Labute approximate surface area is 69.3 Å². The molecule has 0 aromatic carbocycles. The summed E-state index contributed by atoms with van der Waals surface area (Å²) in [6.07, 6.45) is -0.838. The molecule has 1 fully saturated rings. The molecule has 0 radical (unpaired) electrons. The summed E-state index contributed by atoms with van der Waals surface area (Å²) in [4.78, 5) is 33.6. The molecule has 1 saturated heterocycles. The van der Waals surface area contributed by atoms with Gasteiger partial charge in [-0.2, -0.15) is 0 Å². The lowest BCUT2D eigenvalue weighted by Gasteiger charge is -2.27. The van der Waals surface area contributed by atoms with E-state index in [1.54, 1.807) is 0 Å². The molecule has 5 heteroatoms. The summed E-state index contributed by atoms with van der Waals surface area (Å²) in [5, 5.41) is 0. The number of carbonyl (C=O) groups excluding carboxylic acids is 3. The average molecular weight is 171 g/mol. The number of hydrogen-bond donors (Lipinski definition) is 0. The van der Waals surface area contributed by atoms with Crippen molar-refractivity contribution in [3.8, 4) is 0 Å². The van der Waals surface area contributed by atoms with E-state index in [1.165, 1.54) is 13.8 Å². The lowest BCUT2D eigenvalue weighted by Crippen LogP contribution is -2.50. The first kappa shape index (κ1) is 8.70. The van der Waals surface area contributed by atoms with E-state index in [2.05, 4.69) is 4.74 Å². The van der Waals surface area contributed by atoms with E-state index < -0.39 is 23.9 Å². The third kappa shape index (κ3) is 1.44. The molecule has 1 aliphatic heterocycles. The van der Waals surface area contributed by atoms with Gasteiger partial charge in [-0.15, -0.1) is 0 Å². The van der Waals surface area contributed by atoms with E-state index in [1.807, 2.05) is 0 Å². The number of morpholine rings is 1. The van der Waals surface area contributed by atoms with Gasteiger partial charge < -0.3 is 4.74 Å². The van der Waals surface area contributed by atoms with Gasteiger partial charge in [0, 0.05) is 6.92 Å². The molecule has 0 aromatic rings. The number of rotatable bonds is 0. The average Bonchev–Trinajstić information content (AvgIpc) is 1.96. The van der Waals surface area contributed by atoms with Crippen LogP contribution in [0.3, 0.4) is 0 Å². The normalized spacial score (nSPS) is 23.8. The van der Waals surface area contributed by atoms with Gasteiger partial charge in [-0.05, 0) is 6.92 Å². The fourth-order valence-corrected chi connectivity index (χ4v) is 0.978. The molecule has 66 valence electrons. The molecule has 0 aromatic heterocycles. The molecule has 5 nitrogen and oxygen atoms in total. The first-order valence-corrected chi connectivity index (χ1v) is 3.54. The van der Waals surface area contributed by atoms with Crippen LogP contribution in [-0.4, -0.2) is 35.3 Å². The highest BCUT2D eigenvalue weighted by molar-refractivity contribution is 6.01. The Hall–Kier alpha value is -1.39. The quantitative estimate of drug-likeness (QED) is 0.452. The molecule has 12 heavy (non-hydrogen) atoms. The predicted molar refractivity (Wildman–Crippen MR) is 37.9 cm³/mol. The van der Waals surface area contributed by atoms with Crippen LogP contribution >= 0.6 is 0 Å². The maximum atomic E-state index is 11.1. The van der Waals surface area contributed by atoms with Gasteiger partial charge in [0.2, 0.25) is 5.91 Å².